The number of carbonyl (C=O) groups excluding carboxylic acids is 1. The Kier molecular flexibility index (Phi) is 4.85. The van der Waals surface area contributed by atoms with Crippen LogP contribution in [0.4, 0.5) is 0 Å². The number of hydrogen-bond acceptors (Lipinski definition) is 4. The summed E-state index contributed by atoms with van der Waals surface area (Å²) in [6.45, 7) is 1.53. The third-order valence-electron chi connectivity index (χ3n) is 3.08. The molecule has 0 saturated carbocycles. The molecule has 0 atom stereocenters. The Labute approximate surface area is 119 Å². The summed E-state index contributed by atoms with van der Waals surface area (Å²) in [5, 5.41) is 0. The maximum absolute atomic E-state index is 10.9. The molecule has 0 spiro atoms. The molecular formula is C16H18N2O2. The van der Waals surface area contributed by atoms with Crippen LogP contribution in [0.25, 0.3) is 0 Å². The Bertz CT molecular complexity index is 570. The molecule has 4 nitrogen and oxygen atoms in total. The smallest absolute Gasteiger partial charge is 0.150 e. The van der Waals surface area contributed by atoms with Crippen molar-refractivity contribution < 1.29 is 9.53 Å². The molecule has 0 aliphatic carbocycles. The molecule has 1 aromatic heterocycles. The summed E-state index contributed by atoms with van der Waals surface area (Å²) in [5.41, 5.74) is 2.87. The van der Waals surface area contributed by atoms with Gasteiger partial charge < -0.3 is 4.74 Å². The third kappa shape index (κ3) is 3.65. The van der Waals surface area contributed by atoms with Crippen LogP contribution in [-0.4, -0.2) is 30.3 Å². The molecule has 2 aromatic rings. The topological polar surface area (TPSA) is 42.4 Å². The fourth-order valence-electron chi connectivity index (χ4n) is 2.14. The van der Waals surface area contributed by atoms with E-state index < -0.39 is 0 Å². The summed E-state index contributed by atoms with van der Waals surface area (Å²) in [5.74, 6) is 0.803. The van der Waals surface area contributed by atoms with Crippen LogP contribution in [0, 0.1) is 0 Å². The van der Waals surface area contributed by atoms with Crippen molar-refractivity contribution in [3.05, 3.63) is 59.4 Å². The second-order valence-corrected chi connectivity index (χ2v) is 4.72. The van der Waals surface area contributed by atoms with Crippen LogP contribution in [-0.2, 0) is 13.1 Å². The van der Waals surface area contributed by atoms with Crippen LogP contribution in [0.15, 0.2) is 42.7 Å². The Hall–Kier alpha value is -2.20. The Morgan fingerprint density at radius 2 is 1.95 bits per heavy atom. The zero-order valence-electron chi connectivity index (χ0n) is 11.7. The Balaban J connectivity index is 2.10. The zero-order chi connectivity index (χ0) is 14.4. The van der Waals surface area contributed by atoms with E-state index in [0.29, 0.717) is 12.1 Å². The summed E-state index contributed by atoms with van der Waals surface area (Å²) >= 11 is 0. The minimum Gasteiger partial charge on any atom is -0.496 e. The second kappa shape index (κ2) is 6.82. The first-order valence-corrected chi connectivity index (χ1v) is 6.42. The van der Waals surface area contributed by atoms with E-state index in [2.05, 4.69) is 9.88 Å². The van der Waals surface area contributed by atoms with Gasteiger partial charge in [-0.1, -0.05) is 0 Å². The highest BCUT2D eigenvalue weighted by molar-refractivity contribution is 5.75. The number of nitrogens with zero attached hydrogens (tertiary/aromatic N) is 2. The molecular weight excluding hydrogens is 252 g/mol. The molecule has 0 unspecified atom stereocenters. The average Bonchev–Trinajstić information content (AvgIpc) is 2.48. The van der Waals surface area contributed by atoms with Gasteiger partial charge in [0, 0.05) is 36.6 Å². The maximum Gasteiger partial charge on any atom is 0.150 e. The van der Waals surface area contributed by atoms with Crippen molar-refractivity contribution in [2.45, 2.75) is 13.1 Å². The number of ether oxygens (including phenoxy) is 1. The third-order valence-corrected chi connectivity index (χ3v) is 3.08. The van der Waals surface area contributed by atoms with E-state index in [0.717, 1.165) is 24.1 Å². The molecule has 2 rings (SSSR count). The van der Waals surface area contributed by atoms with Gasteiger partial charge >= 0.3 is 0 Å². The summed E-state index contributed by atoms with van der Waals surface area (Å²) in [4.78, 5) is 17.1. The van der Waals surface area contributed by atoms with Crippen LogP contribution in [0.3, 0.4) is 0 Å². The first-order valence-electron chi connectivity index (χ1n) is 6.42. The lowest BCUT2D eigenvalue weighted by molar-refractivity contribution is 0.112. The number of pyridine rings is 1. The van der Waals surface area contributed by atoms with Crippen molar-refractivity contribution in [3.8, 4) is 5.75 Å². The number of hydrogen-bond donors (Lipinski definition) is 0. The summed E-state index contributed by atoms with van der Waals surface area (Å²) in [6.07, 6.45) is 4.43. The quantitative estimate of drug-likeness (QED) is 0.756. The molecule has 104 valence electrons. The largest absolute Gasteiger partial charge is 0.496 e. The van der Waals surface area contributed by atoms with Crippen LogP contribution >= 0.6 is 0 Å². The van der Waals surface area contributed by atoms with Crippen LogP contribution in [0.1, 0.15) is 21.5 Å². The minimum absolute atomic E-state index is 0.665. The molecule has 4 heteroatoms. The van der Waals surface area contributed by atoms with Gasteiger partial charge in [0.2, 0.25) is 0 Å². The van der Waals surface area contributed by atoms with Crippen LogP contribution < -0.4 is 4.74 Å². The van der Waals surface area contributed by atoms with E-state index in [1.165, 1.54) is 5.56 Å². The predicted octanol–water partition coefficient (Wildman–Crippen LogP) is 2.53. The van der Waals surface area contributed by atoms with Gasteiger partial charge in [-0.05, 0) is 42.9 Å². The van der Waals surface area contributed by atoms with Gasteiger partial charge in [0.05, 0.1) is 7.11 Å². The van der Waals surface area contributed by atoms with E-state index in [1.807, 2.05) is 31.3 Å². The molecule has 0 N–H and O–H groups in total. The molecule has 0 aliphatic heterocycles. The monoisotopic (exact) mass is 270 g/mol. The van der Waals surface area contributed by atoms with Gasteiger partial charge in [-0.25, -0.2) is 0 Å². The van der Waals surface area contributed by atoms with Crippen molar-refractivity contribution in [1.82, 2.24) is 9.88 Å². The molecule has 20 heavy (non-hydrogen) atoms. The van der Waals surface area contributed by atoms with E-state index >= 15 is 0 Å². The van der Waals surface area contributed by atoms with Crippen molar-refractivity contribution in [3.63, 3.8) is 0 Å². The lowest BCUT2D eigenvalue weighted by Gasteiger charge is -2.18. The number of aldehydes is 1. The molecule has 0 fully saturated rings. The molecule has 0 aliphatic rings. The SMILES string of the molecule is COc1ccc(C=O)cc1CN(C)Cc1ccncc1. The molecule has 0 saturated heterocycles. The molecule has 1 heterocycles. The molecule has 1 aromatic carbocycles. The maximum atomic E-state index is 10.9. The van der Waals surface area contributed by atoms with E-state index in [9.17, 15) is 4.79 Å². The normalized spacial score (nSPS) is 10.6. The lowest BCUT2D eigenvalue weighted by atomic mass is 10.1. The van der Waals surface area contributed by atoms with Gasteiger partial charge in [0.25, 0.3) is 0 Å². The van der Waals surface area contributed by atoms with Crippen LogP contribution in [0.5, 0.6) is 5.75 Å². The standard InChI is InChI=1S/C16H18N2O2/c1-18(10-13-5-7-17-8-6-13)11-15-9-14(12-19)3-4-16(15)20-2/h3-9,12H,10-11H2,1-2H3. The predicted molar refractivity (Wildman–Crippen MR) is 77.8 cm³/mol. The van der Waals surface area contributed by atoms with E-state index in [1.54, 1.807) is 25.6 Å². The van der Waals surface area contributed by atoms with E-state index in [-0.39, 0.29) is 0 Å². The lowest BCUT2D eigenvalue weighted by Crippen LogP contribution is -2.17. The molecule has 0 radical (unpaired) electrons. The van der Waals surface area contributed by atoms with Crippen LogP contribution in [0.2, 0.25) is 0 Å². The Morgan fingerprint density at radius 3 is 2.60 bits per heavy atom. The zero-order valence-corrected chi connectivity index (χ0v) is 11.7. The van der Waals surface area contributed by atoms with Gasteiger partial charge in [-0.2, -0.15) is 0 Å². The van der Waals surface area contributed by atoms with Crippen molar-refractivity contribution in [1.29, 1.82) is 0 Å². The minimum atomic E-state index is 0.665. The van der Waals surface area contributed by atoms with Gasteiger partial charge in [-0.3, -0.25) is 14.7 Å². The second-order valence-electron chi connectivity index (χ2n) is 4.72. The number of methoxy groups -OCH3 is 1. The Morgan fingerprint density at radius 1 is 1.20 bits per heavy atom. The average molecular weight is 270 g/mol. The number of rotatable bonds is 6. The number of benzene rings is 1. The number of aromatic nitrogens is 1. The number of carbonyl (C=O) groups is 1. The van der Waals surface area contributed by atoms with Crippen molar-refractivity contribution >= 4 is 6.29 Å². The molecule has 0 bridgehead atoms. The highest BCUT2D eigenvalue weighted by atomic mass is 16.5. The van der Waals surface area contributed by atoms with Gasteiger partial charge in [0.15, 0.2) is 0 Å². The van der Waals surface area contributed by atoms with E-state index in [4.69, 9.17) is 4.74 Å². The summed E-state index contributed by atoms with van der Waals surface area (Å²) < 4.78 is 5.34. The first kappa shape index (κ1) is 14.2. The van der Waals surface area contributed by atoms with Crippen molar-refractivity contribution in [2.75, 3.05) is 14.2 Å². The van der Waals surface area contributed by atoms with Gasteiger partial charge in [0.1, 0.15) is 12.0 Å². The first-order chi connectivity index (χ1) is 9.72. The van der Waals surface area contributed by atoms with Gasteiger partial charge in [-0.15, -0.1) is 0 Å². The fourth-order valence-corrected chi connectivity index (χ4v) is 2.14. The highest BCUT2D eigenvalue weighted by Gasteiger charge is 2.08. The summed E-state index contributed by atoms with van der Waals surface area (Å²) in [6, 6.07) is 9.46. The summed E-state index contributed by atoms with van der Waals surface area (Å²) in [7, 11) is 3.68. The van der Waals surface area contributed by atoms with Crippen molar-refractivity contribution in [2.24, 2.45) is 0 Å². The highest BCUT2D eigenvalue weighted by Crippen LogP contribution is 2.21. The molecule has 0 amide bonds. The fraction of sp³-hybridized carbons (Fsp3) is 0.250.